The predicted molar refractivity (Wildman–Crippen MR) is 75.4 cm³/mol. The number of benzene rings is 1. The summed E-state index contributed by atoms with van der Waals surface area (Å²) in [5, 5.41) is 2.81. The molecule has 0 atom stereocenters. The minimum atomic E-state index is 0.0314. The molecule has 2 heterocycles. The molecule has 1 aliphatic rings. The number of H-pyrrole nitrogens is 1. The SMILES string of the molecule is CC(=O)CCc1ncc(-c2ccc3c(c2)CC(=O)N3)[nH]1. The van der Waals surface area contributed by atoms with E-state index in [2.05, 4.69) is 15.3 Å². The summed E-state index contributed by atoms with van der Waals surface area (Å²) in [5.74, 6) is 0.999. The molecule has 0 spiro atoms. The van der Waals surface area contributed by atoms with E-state index in [1.165, 1.54) is 0 Å². The van der Waals surface area contributed by atoms with Crippen LogP contribution in [0.3, 0.4) is 0 Å². The van der Waals surface area contributed by atoms with Gasteiger partial charge in [-0.25, -0.2) is 4.98 Å². The fourth-order valence-electron chi connectivity index (χ4n) is 2.33. The molecule has 2 N–H and O–H groups in total. The molecular weight excluding hydrogens is 254 g/mol. The molecule has 0 saturated carbocycles. The van der Waals surface area contributed by atoms with Gasteiger partial charge in [-0.3, -0.25) is 4.79 Å². The molecule has 2 aromatic rings. The van der Waals surface area contributed by atoms with E-state index in [9.17, 15) is 9.59 Å². The highest BCUT2D eigenvalue weighted by molar-refractivity contribution is 5.99. The highest BCUT2D eigenvalue weighted by atomic mass is 16.1. The Hall–Kier alpha value is -2.43. The number of rotatable bonds is 4. The average Bonchev–Trinajstić information content (AvgIpc) is 3.00. The second kappa shape index (κ2) is 4.92. The highest BCUT2D eigenvalue weighted by Gasteiger charge is 2.18. The molecule has 1 aliphatic heterocycles. The maximum Gasteiger partial charge on any atom is 0.228 e. The van der Waals surface area contributed by atoms with Gasteiger partial charge in [-0.2, -0.15) is 0 Å². The summed E-state index contributed by atoms with van der Waals surface area (Å²) in [4.78, 5) is 29.8. The van der Waals surface area contributed by atoms with Crippen LogP contribution in [0.5, 0.6) is 0 Å². The van der Waals surface area contributed by atoms with E-state index in [4.69, 9.17) is 0 Å². The van der Waals surface area contributed by atoms with Gasteiger partial charge in [0, 0.05) is 18.5 Å². The molecule has 0 saturated heterocycles. The van der Waals surface area contributed by atoms with E-state index in [0.717, 1.165) is 28.3 Å². The number of aromatic nitrogens is 2. The van der Waals surface area contributed by atoms with E-state index in [0.29, 0.717) is 19.3 Å². The van der Waals surface area contributed by atoms with E-state index in [1.807, 2.05) is 18.2 Å². The smallest absolute Gasteiger partial charge is 0.228 e. The summed E-state index contributed by atoms with van der Waals surface area (Å²) in [6.07, 6.45) is 3.31. The van der Waals surface area contributed by atoms with Crippen LogP contribution in [0.15, 0.2) is 24.4 Å². The minimum absolute atomic E-state index is 0.0314. The number of nitrogens with zero attached hydrogens (tertiary/aromatic N) is 1. The largest absolute Gasteiger partial charge is 0.342 e. The zero-order valence-electron chi connectivity index (χ0n) is 11.2. The monoisotopic (exact) mass is 269 g/mol. The van der Waals surface area contributed by atoms with Crippen molar-refractivity contribution in [1.29, 1.82) is 0 Å². The average molecular weight is 269 g/mol. The molecule has 3 rings (SSSR count). The first-order chi connectivity index (χ1) is 9.61. The van der Waals surface area contributed by atoms with Crippen molar-refractivity contribution in [3.8, 4) is 11.3 Å². The zero-order chi connectivity index (χ0) is 14.1. The van der Waals surface area contributed by atoms with Gasteiger partial charge in [0.25, 0.3) is 0 Å². The third-order valence-corrected chi connectivity index (χ3v) is 3.38. The fourth-order valence-corrected chi connectivity index (χ4v) is 2.33. The Kier molecular flexibility index (Phi) is 3.10. The Labute approximate surface area is 116 Å². The molecule has 0 unspecified atom stereocenters. The number of aryl methyl sites for hydroxylation is 1. The Bertz CT molecular complexity index is 688. The molecule has 0 fully saturated rings. The lowest BCUT2D eigenvalue weighted by atomic mass is 10.1. The molecular formula is C15H15N3O2. The van der Waals surface area contributed by atoms with Gasteiger partial charge in [-0.15, -0.1) is 0 Å². The number of anilines is 1. The van der Waals surface area contributed by atoms with Crippen molar-refractivity contribution in [2.75, 3.05) is 5.32 Å². The first-order valence-electron chi connectivity index (χ1n) is 6.58. The number of carbonyl (C=O) groups is 2. The molecule has 5 heteroatoms. The second-order valence-electron chi connectivity index (χ2n) is 5.04. The first-order valence-corrected chi connectivity index (χ1v) is 6.58. The standard InChI is InChI=1S/C15H15N3O2/c1-9(19)2-5-14-16-8-13(17-14)10-3-4-12-11(6-10)7-15(20)18-12/h3-4,6,8H,2,5,7H2,1H3,(H,16,17)(H,18,20). The molecule has 1 aromatic heterocycles. The number of ketones is 1. The predicted octanol–water partition coefficient (Wildman–Crippen LogP) is 2.09. The number of aromatic amines is 1. The number of hydrogen-bond donors (Lipinski definition) is 2. The summed E-state index contributed by atoms with van der Waals surface area (Å²) in [6, 6.07) is 5.86. The van der Waals surface area contributed by atoms with E-state index in [1.54, 1.807) is 13.1 Å². The zero-order valence-corrected chi connectivity index (χ0v) is 11.2. The number of hydrogen-bond acceptors (Lipinski definition) is 3. The molecule has 1 aromatic carbocycles. The van der Waals surface area contributed by atoms with Crippen LogP contribution in [-0.2, 0) is 22.4 Å². The van der Waals surface area contributed by atoms with E-state index < -0.39 is 0 Å². The number of carbonyl (C=O) groups excluding carboxylic acids is 2. The van der Waals surface area contributed by atoms with Crippen LogP contribution in [0.2, 0.25) is 0 Å². The van der Waals surface area contributed by atoms with Crippen molar-refractivity contribution in [2.45, 2.75) is 26.2 Å². The summed E-state index contributed by atoms with van der Waals surface area (Å²) in [5.41, 5.74) is 3.80. The molecule has 20 heavy (non-hydrogen) atoms. The minimum Gasteiger partial charge on any atom is -0.342 e. The lowest BCUT2D eigenvalue weighted by Gasteiger charge is -2.02. The lowest BCUT2D eigenvalue weighted by molar-refractivity contribution is -0.117. The number of nitrogens with one attached hydrogen (secondary N) is 2. The topological polar surface area (TPSA) is 74.8 Å². The van der Waals surface area contributed by atoms with Gasteiger partial charge >= 0.3 is 0 Å². The van der Waals surface area contributed by atoms with Crippen LogP contribution in [-0.4, -0.2) is 21.7 Å². The van der Waals surface area contributed by atoms with Crippen LogP contribution < -0.4 is 5.32 Å². The van der Waals surface area contributed by atoms with Crippen LogP contribution in [0.25, 0.3) is 11.3 Å². The summed E-state index contributed by atoms with van der Waals surface area (Å²) < 4.78 is 0. The molecule has 0 bridgehead atoms. The molecule has 102 valence electrons. The summed E-state index contributed by atoms with van der Waals surface area (Å²) in [7, 11) is 0. The number of imidazole rings is 1. The van der Waals surface area contributed by atoms with Crippen molar-refractivity contribution in [2.24, 2.45) is 0 Å². The lowest BCUT2D eigenvalue weighted by Crippen LogP contribution is -2.03. The number of amides is 1. The van der Waals surface area contributed by atoms with Gasteiger partial charge < -0.3 is 15.1 Å². The quantitative estimate of drug-likeness (QED) is 0.892. The first kappa shape index (κ1) is 12.6. The number of fused-ring (bicyclic) bond motifs is 1. The normalized spacial score (nSPS) is 13.2. The van der Waals surface area contributed by atoms with E-state index >= 15 is 0 Å². The Morgan fingerprint density at radius 3 is 3.05 bits per heavy atom. The van der Waals surface area contributed by atoms with Gasteiger partial charge in [-0.05, 0) is 30.2 Å². The fraction of sp³-hybridized carbons (Fsp3) is 0.267. The maximum atomic E-state index is 11.3. The van der Waals surface area contributed by atoms with Gasteiger partial charge in [0.1, 0.15) is 11.6 Å². The van der Waals surface area contributed by atoms with Gasteiger partial charge in [0.2, 0.25) is 5.91 Å². The van der Waals surface area contributed by atoms with Crippen LogP contribution in [0.1, 0.15) is 24.7 Å². The second-order valence-corrected chi connectivity index (χ2v) is 5.04. The number of Topliss-reactive ketones (excluding diaryl/α,β-unsaturated/α-hetero) is 1. The third-order valence-electron chi connectivity index (χ3n) is 3.38. The Balaban J connectivity index is 1.81. The van der Waals surface area contributed by atoms with Crippen LogP contribution in [0.4, 0.5) is 5.69 Å². The summed E-state index contributed by atoms with van der Waals surface area (Å²) in [6.45, 7) is 1.58. The van der Waals surface area contributed by atoms with Gasteiger partial charge in [0.05, 0.1) is 18.3 Å². The Morgan fingerprint density at radius 1 is 1.40 bits per heavy atom. The molecule has 5 nitrogen and oxygen atoms in total. The maximum absolute atomic E-state index is 11.3. The van der Waals surface area contributed by atoms with Crippen molar-refractivity contribution < 1.29 is 9.59 Å². The van der Waals surface area contributed by atoms with E-state index in [-0.39, 0.29) is 11.7 Å². The Morgan fingerprint density at radius 2 is 2.25 bits per heavy atom. The molecule has 0 radical (unpaired) electrons. The van der Waals surface area contributed by atoms with Crippen molar-refractivity contribution >= 4 is 17.4 Å². The molecule has 0 aliphatic carbocycles. The van der Waals surface area contributed by atoms with Gasteiger partial charge in [0.15, 0.2) is 0 Å². The van der Waals surface area contributed by atoms with Crippen molar-refractivity contribution in [3.05, 3.63) is 35.8 Å². The highest BCUT2D eigenvalue weighted by Crippen LogP contribution is 2.28. The van der Waals surface area contributed by atoms with Crippen molar-refractivity contribution in [1.82, 2.24) is 9.97 Å². The van der Waals surface area contributed by atoms with Crippen LogP contribution >= 0.6 is 0 Å². The summed E-state index contributed by atoms with van der Waals surface area (Å²) >= 11 is 0. The van der Waals surface area contributed by atoms with Gasteiger partial charge in [-0.1, -0.05) is 6.07 Å². The van der Waals surface area contributed by atoms with Crippen molar-refractivity contribution in [3.63, 3.8) is 0 Å². The molecule has 1 amide bonds. The van der Waals surface area contributed by atoms with Crippen LogP contribution in [0, 0.1) is 0 Å². The third kappa shape index (κ3) is 2.47.